The standard InChI is InChI=1S/C17H20F3N3O/c1-11-13(10-24)9-23(22-11)15-8-7-14(17(18,19)20)16(21-15)12-5-3-2-4-6-12/h7-9,12,24H,2-6,10H2,1H3. The maximum absolute atomic E-state index is 13.4. The number of hydrogen-bond acceptors (Lipinski definition) is 3. The smallest absolute Gasteiger partial charge is 0.392 e. The Morgan fingerprint density at radius 1 is 1.21 bits per heavy atom. The maximum atomic E-state index is 13.4. The van der Waals surface area contributed by atoms with Gasteiger partial charge in [0.05, 0.1) is 23.6 Å². The van der Waals surface area contributed by atoms with E-state index < -0.39 is 11.7 Å². The zero-order valence-corrected chi connectivity index (χ0v) is 13.5. The Morgan fingerprint density at radius 3 is 2.50 bits per heavy atom. The Balaban J connectivity index is 2.05. The number of aliphatic hydroxyl groups excluding tert-OH is 1. The molecule has 1 aliphatic carbocycles. The molecule has 0 aromatic carbocycles. The Kier molecular flexibility index (Phi) is 4.62. The zero-order chi connectivity index (χ0) is 17.3. The van der Waals surface area contributed by atoms with Crippen molar-refractivity contribution >= 4 is 0 Å². The molecule has 0 unspecified atom stereocenters. The van der Waals surface area contributed by atoms with Crippen LogP contribution in [-0.2, 0) is 12.8 Å². The fourth-order valence-corrected chi connectivity index (χ4v) is 3.29. The first-order valence-electron chi connectivity index (χ1n) is 8.14. The number of hydrogen-bond donors (Lipinski definition) is 1. The number of aliphatic hydroxyl groups is 1. The third-order valence-corrected chi connectivity index (χ3v) is 4.61. The van der Waals surface area contributed by atoms with Gasteiger partial charge >= 0.3 is 6.18 Å². The van der Waals surface area contributed by atoms with Crippen molar-refractivity contribution in [2.24, 2.45) is 0 Å². The average molecular weight is 339 g/mol. The lowest BCUT2D eigenvalue weighted by molar-refractivity contribution is -0.138. The van der Waals surface area contributed by atoms with Crippen LogP contribution in [0, 0.1) is 6.92 Å². The predicted molar refractivity (Wildman–Crippen MR) is 82.8 cm³/mol. The molecule has 24 heavy (non-hydrogen) atoms. The van der Waals surface area contributed by atoms with E-state index in [4.69, 9.17) is 0 Å². The van der Waals surface area contributed by atoms with E-state index in [1.807, 2.05) is 0 Å². The largest absolute Gasteiger partial charge is 0.418 e. The molecule has 0 bridgehead atoms. The number of rotatable bonds is 3. The van der Waals surface area contributed by atoms with Gasteiger partial charge in [0.1, 0.15) is 0 Å². The van der Waals surface area contributed by atoms with Gasteiger partial charge in [-0.3, -0.25) is 0 Å². The third-order valence-electron chi connectivity index (χ3n) is 4.61. The van der Waals surface area contributed by atoms with Crippen LogP contribution < -0.4 is 0 Å². The van der Waals surface area contributed by atoms with E-state index in [2.05, 4.69) is 10.1 Å². The van der Waals surface area contributed by atoms with Crippen LogP contribution in [0.3, 0.4) is 0 Å². The van der Waals surface area contributed by atoms with Gasteiger partial charge in [-0.15, -0.1) is 0 Å². The minimum atomic E-state index is -4.41. The van der Waals surface area contributed by atoms with Gasteiger partial charge in [-0.2, -0.15) is 18.3 Å². The summed E-state index contributed by atoms with van der Waals surface area (Å²) in [7, 11) is 0. The van der Waals surface area contributed by atoms with Crippen LogP contribution in [0.4, 0.5) is 13.2 Å². The quantitative estimate of drug-likeness (QED) is 0.914. The summed E-state index contributed by atoms with van der Waals surface area (Å²) in [4.78, 5) is 4.32. The van der Waals surface area contributed by atoms with Crippen molar-refractivity contribution in [3.8, 4) is 5.82 Å². The Morgan fingerprint density at radius 2 is 1.92 bits per heavy atom. The fraction of sp³-hybridized carbons (Fsp3) is 0.529. The first-order valence-corrected chi connectivity index (χ1v) is 8.14. The maximum Gasteiger partial charge on any atom is 0.418 e. The average Bonchev–Trinajstić information content (AvgIpc) is 2.95. The minimum absolute atomic E-state index is 0.124. The molecular formula is C17H20F3N3O. The molecule has 0 aliphatic heterocycles. The van der Waals surface area contributed by atoms with E-state index >= 15 is 0 Å². The number of halogens is 3. The van der Waals surface area contributed by atoms with Crippen molar-refractivity contribution in [3.05, 3.63) is 40.8 Å². The molecule has 1 N–H and O–H groups in total. The van der Waals surface area contributed by atoms with Gasteiger partial charge in [-0.05, 0) is 31.9 Å². The summed E-state index contributed by atoms with van der Waals surface area (Å²) in [6.07, 6.45) is 1.60. The van der Waals surface area contributed by atoms with Crippen molar-refractivity contribution in [2.45, 2.75) is 57.7 Å². The molecule has 0 radical (unpaired) electrons. The summed E-state index contributed by atoms with van der Waals surface area (Å²) in [6.45, 7) is 1.58. The van der Waals surface area contributed by atoms with Gasteiger partial charge in [0.15, 0.2) is 5.82 Å². The van der Waals surface area contributed by atoms with Gasteiger partial charge in [0.25, 0.3) is 0 Å². The Labute approximate surface area is 138 Å². The molecule has 1 fully saturated rings. The molecule has 3 rings (SSSR count). The van der Waals surface area contributed by atoms with Crippen molar-refractivity contribution in [3.63, 3.8) is 0 Å². The lowest BCUT2D eigenvalue weighted by atomic mass is 9.85. The Bertz CT molecular complexity index is 718. The van der Waals surface area contributed by atoms with E-state index in [1.54, 1.807) is 13.1 Å². The van der Waals surface area contributed by atoms with Crippen LogP contribution in [0.1, 0.15) is 60.5 Å². The van der Waals surface area contributed by atoms with Crippen LogP contribution >= 0.6 is 0 Å². The van der Waals surface area contributed by atoms with E-state index in [0.29, 0.717) is 17.1 Å². The molecule has 7 heteroatoms. The van der Waals surface area contributed by atoms with Gasteiger partial charge in [0.2, 0.25) is 0 Å². The van der Waals surface area contributed by atoms with Crippen molar-refractivity contribution in [2.75, 3.05) is 0 Å². The van der Waals surface area contributed by atoms with Crippen molar-refractivity contribution in [1.29, 1.82) is 0 Å². The topological polar surface area (TPSA) is 50.9 Å². The molecule has 2 aromatic rings. The fourth-order valence-electron chi connectivity index (χ4n) is 3.29. The second kappa shape index (κ2) is 6.55. The van der Waals surface area contributed by atoms with Crippen LogP contribution in [0.5, 0.6) is 0 Å². The molecule has 0 amide bonds. The predicted octanol–water partition coefficient (Wildman–Crippen LogP) is 4.13. The summed E-state index contributed by atoms with van der Waals surface area (Å²) >= 11 is 0. The molecule has 4 nitrogen and oxygen atoms in total. The van der Waals surface area contributed by atoms with Gasteiger partial charge in [-0.1, -0.05) is 19.3 Å². The SMILES string of the molecule is Cc1nn(-c2ccc(C(F)(F)F)c(C3CCCCC3)n2)cc1CO. The highest BCUT2D eigenvalue weighted by atomic mass is 19.4. The molecule has 0 saturated heterocycles. The van der Waals surface area contributed by atoms with E-state index in [0.717, 1.165) is 38.2 Å². The van der Waals surface area contributed by atoms with E-state index in [-0.39, 0.29) is 18.2 Å². The second-order valence-electron chi connectivity index (χ2n) is 6.28. The highest BCUT2D eigenvalue weighted by Crippen LogP contribution is 2.40. The van der Waals surface area contributed by atoms with Crippen LogP contribution in [0.2, 0.25) is 0 Å². The van der Waals surface area contributed by atoms with Crippen molar-refractivity contribution in [1.82, 2.24) is 14.8 Å². The molecule has 0 spiro atoms. The summed E-state index contributed by atoms with van der Waals surface area (Å²) in [6, 6.07) is 2.44. The lowest BCUT2D eigenvalue weighted by Crippen LogP contribution is -2.17. The zero-order valence-electron chi connectivity index (χ0n) is 13.5. The van der Waals surface area contributed by atoms with Gasteiger partial charge in [-0.25, -0.2) is 9.67 Å². The number of aryl methyl sites for hydroxylation is 1. The first-order chi connectivity index (χ1) is 11.4. The summed E-state index contributed by atoms with van der Waals surface area (Å²) in [5.41, 5.74) is 0.747. The summed E-state index contributed by atoms with van der Waals surface area (Å²) in [5.74, 6) is 0.190. The Hall–Kier alpha value is -1.89. The minimum Gasteiger partial charge on any atom is -0.392 e. The summed E-state index contributed by atoms with van der Waals surface area (Å²) in [5, 5.41) is 13.5. The second-order valence-corrected chi connectivity index (χ2v) is 6.28. The molecule has 130 valence electrons. The number of aromatic nitrogens is 3. The molecule has 1 saturated carbocycles. The third kappa shape index (κ3) is 3.31. The number of pyridine rings is 1. The normalized spacial score (nSPS) is 16.5. The molecule has 1 aliphatic rings. The highest BCUT2D eigenvalue weighted by Gasteiger charge is 2.36. The number of nitrogens with zero attached hydrogens (tertiary/aromatic N) is 3. The summed E-state index contributed by atoms with van der Waals surface area (Å²) < 4.78 is 41.5. The molecule has 2 heterocycles. The van der Waals surface area contributed by atoms with Gasteiger partial charge in [0, 0.05) is 17.7 Å². The number of alkyl halides is 3. The van der Waals surface area contributed by atoms with E-state index in [1.165, 1.54) is 10.7 Å². The first kappa shape index (κ1) is 17.0. The molecular weight excluding hydrogens is 319 g/mol. The van der Waals surface area contributed by atoms with Crippen LogP contribution in [-0.4, -0.2) is 19.9 Å². The van der Waals surface area contributed by atoms with E-state index in [9.17, 15) is 18.3 Å². The molecule has 2 aromatic heterocycles. The van der Waals surface area contributed by atoms with Crippen molar-refractivity contribution < 1.29 is 18.3 Å². The molecule has 0 atom stereocenters. The van der Waals surface area contributed by atoms with Crippen LogP contribution in [0.25, 0.3) is 5.82 Å². The highest BCUT2D eigenvalue weighted by molar-refractivity contribution is 5.35. The van der Waals surface area contributed by atoms with Gasteiger partial charge < -0.3 is 5.11 Å². The monoisotopic (exact) mass is 339 g/mol. The lowest BCUT2D eigenvalue weighted by Gasteiger charge is -2.24. The van der Waals surface area contributed by atoms with Crippen LogP contribution in [0.15, 0.2) is 18.3 Å².